The first-order valence-electron chi connectivity index (χ1n) is 6.84. The predicted octanol–water partition coefficient (Wildman–Crippen LogP) is 3.52. The first-order valence-corrected chi connectivity index (χ1v) is 7.66. The van der Waals surface area contributed by atoms with Crippen molar-refractivity contribution < 1.29 is 4.74 Å². The van der Waals surface area contributed by atoms with E-state index in [1.54, 1.807) is 30.9 Å². The molecule has 4 aromatic rings. The van der Waals surface area contributed by atoms with Gasteiger partial charge in [0, 0.05) is 30.7 Å². The molecule has 0 aliphatic carbocycles. The highest BCUT2D eigenvalue weighted by atomic mass is 32.1. The number of anilines is 1. The van der Waals surface area contributed by atoms with Gasteiger partial charge in [0.2, 0.25) is 0 Å². The van der Waals surface area contributed by atoms with Crippen LogP contribution < -0.4 is 10.5 Å². The molecule has 0 saturated heterocycles. The number of nitrogen functional groups attached to an aromatic ring is 1. The topological polar surface area (TPSA) is 86.8 Å². The maximum Gasteiger partial charge on any atom is 0.181 e. The standard InChI is InChI=1S/C16H11N5OS/c17-16-21-12-2-1-10(8-15(12)23-16)22-11-3-4-19-13(7-11)14-9-18-5-6-20-14/h1-9H,(H2,17,21). The van der Waals surface area contributed by atoms with Crippen molar-refractivity contribution in [2.45, 2.75) is 0 Å². The van der Waals surface area contributed by atoms with Gasteiger partial charge in [-0.3, -0.25) is 15.0 Å². The van der Waals surface area contributed by atoms with Crippen LogP contribution in [0.2, 0.25) is 0 Å². The van der Waals surface area contributed by atoms with Crippen LogP contribution in [0, 0.1) is 0 Å². The lowest BCUT2D eigenvalue weighted by molar-refractivity contribution is 0.483. The van der Waals surface area contributed by atoms with E-state index in [0.717, 1.165) is 16.0 Å². The van der Waals surface area contributed by atoms with Gasteiger partial charge in [-0.25, -0.2) is 4.98 Å². The van der Waals surface area contributed by atoms with Crippen molar-refractivity contribution in [3.8, 4) is 22.9 Å². The highest BCUT2D eigenvalue weighted by Crippen LogP contribution is 2.30. The van der Waals surface area contributed by atoms with Crippen LogP contribution in [0.5, 0.6) is 11.5 Å². The van der Waals surface area contributed by atoms with E-state index in [4.69, 9.17) is 10.5 Å². The molecular weight excluding hydrogens is 310 g/mol. The van der Waals surface area contributed by atoms with Crippen LogP contribution in [0.1, 0.15) is 0 Å². The van der Waals surface area contributed by atoms with E-state index in [9.17, 15) is 0 Å². The molecule has 0 unspecified atom stereocenters. The van der Waals surface area contributed by atoms with Crippen LogP contribution in [0.3, 0.4) is 0 Å². The molecular formula is C16H11N5OS. The van der Waals surface area contributed by atoms with Gasteiger partial charge in [-0.05, 0) is 18.2 Å². The van der Waals surface area contributed by atoms with Gasteiger partial charge < -0.3 is 10.5 Å². The van der Waals surface area contributed by atoms with Gasteiger partial charge in [0.15, 0.2) is 5.13 Å². The summed E-state index contributed by atoms with van der Waals surface area (Å²) in [6, 6.07) is 9.30. The van der Waals surface area contributed by atoms with Crippen molar-refractivity contribution >= 4 is 26.7 Å². The van der Waals surface area contributed by atoms with E-state index in [1.807, 2.05) is 24.3 Å². The molecule has 3 aromatic heterocycles. The third-order valence-corrected chi connectivity index (χ3v) is 4.02. The van der Waals surface area contributed by atoms with E-state index >= 15 is 0 Å². The van der Waals surface area contributed by atoms with E-state index in [1.165, 1.54) is 11.3 Å². The molecule has 0 radical (unpaired) electrons. The number of aromatic nitrogens is 4. The highest BCUT2D eigenvalue weighted by molar-refractivity contribution is 7.22. The Bertz CT molecular complexity index is 971. The summed E-state index contributed by atoms with van der Waals surface area (Å²) in [6.45, 7) is 0. The zero-order chi connectivity index (χ0) is 15.6. The number of benzene rings is 1. The third kappa shape index (κ3) is 2.82. The SMILES string of the molecule is Nc1nc2ccc(Oc3ccnc(-c4cnccn4)c3)cc2s1. The summed E-state index contributed by atoms with van der Waals surface area (Å²) in [6.07, 6.45) is 6.60. The van der Waals surface area contributed by atoms with E-state index in [0.29, 0.717) is 22.3 Å². The van der Waals surface area contributed by atoms with Gasteiger partial charge in [-0.2, -0.15) is 0 Å². The number of nitrogens with two attached hydrogens (primary N) is 1. The van der Waals surface area contributed by atoms with Gasteiger partial charge in [0.25, 0.3) is 0 Å². The first-order chi connectivity index (χ1) is 11.3. The average molecular weight is 321 g/mol. The van der Waals surface area contributed by atoms with Crippen molar-refractivity contribution in [2.24, 2.45) is 0 Å². The zero-order valence-electron chi connectivity index (χ0n) is 11.9. The van der Waals surface area contributed by atoms with Crippen molar-refractivity contribution in [3.63, 3.8) is 0 Å². The second-order valence-electron chi connectivity index (χ2n) is 4.75. The van der Waals surface area contributed by atoms with Crippen molar-refractivity contribution in [1.82, 2.24) is 19.9 Å². The van der Waals surface area contributed by atoms with E-state index < -0.39 is 0 Å². The van der Waals surface area contributed by atoms with Crippen molar-refractivity contribution in [1.29, 1.82) is 0 Å². The Hall–Kier alpha value is -3.06. The van der Waals surface area contributed by atoms with Crippen LogP contribution in [0.15, 0.2) is 55.1 Å². The van der Waals surface area contributed by atoms with Gasteiger partial charge in [0.05, 0.1) is 22.1 Å². The Balaban J connectivity index is 1.65. The minimum atomic E-state index is 0.547. The number of pyridine rings is 1. The Morgan fingerprint density at radius 1 is 0.913 bits per heavy atom. The normalized spacial score (nSPS) is 10.8. The molecule has 2 N–H and O–H groups in total. The molecule has 4 rings (SSSR count). The molecule has 1 aromatic carbocycles. The van der Waals surface area contributed by atoms with Gasteiger partial charge >= 0.3 is 0 Å². The molecule has 3 heterocycles. The molecule has 0 aliphatic heterocycles. The molecule has 112 valence electrons. The summed E-state index contributed by atoms with van der Waals surface area (Å²) in [5, 5.41) is 0.547. The number of fused-ring (bicyclic) bond motifs is 1. The number of thiazole rings is 1. The first kappa shape index (κ1) is 13.6. The molecule has 0 bridgehead atoms. The fraction of sp³-hybridized carbons (Fsp3) is 0. The van der Waals surface area contributed by atoms with Gasteiger partial charge in [-0.1, -0.05) is 11.3 Å². The number of rotatable bonds is 3. The van der Waals surface area contributed by atoms with Crippen LogP contribution in [-0.4, -0.2) is 19.9 Å². The quantitative estimate of drug-likeness (QED) is 0.621. The molecule has 0 amide bonds. The lowest BCUT2D eigenvalue weighted by Gasteiger charge is -2.07. The monoisotopic (exact) mass is 321 g/mol. The largest absolute Gasteiger partial charge is 0.457 e. The summed E-state index contributed by atoms with van der Waals surface area (Å²) in [5.41, 5.74) is 8.00. The molecule has 0 saturated carbocycles. The summed E-state index contributed by atoms with van der Waals surface area (Å²) in [4.78, 5) is 16.8. The van der Waals surface area contributed by atoms with Crippen molar-refractivity contribution in [2.75, 3.05) is 5.73 Å². The summed E-state index contributed by atoms with van der Waals surface area (Å²) in [7, 11) is 0. The fourth-order valence-corrected chi connectivity index (χ4v) is 2.93. The number of hydrogen-bond acceptors (Lipinski definition) is 7. The number of ether oxygens (including phenoxy) is 1. The molecule has 0 spiro atoms. The minimum Gasteiger partial charge on any atom is -0.457 e. The number of nitrogens with zero attached hydrogens (tertiary/aromatic N) is 4. The average Bonchev–Trinajstić information content (AvgIpc) is 2.95. The second-order valence-corrected chi connectivity index (χ2v) is 5.81. The number of hydrogen-bond donors (Lipinski definition) is 1. The molecule has 6 nitrogen and oxygen atoms in total. The zero-order valence-corrected chi connectivity index (χ0v) is 12.7. The Kier molecular flexibility index (Phi) is 3.32. The Morgan fingerprint density at radius 3 is 2.65 bits per heavy atom. The molecule has 23 heavy (non-hydrogen) atoms. The summed E-state index contributed by atoms with van der Waals surface area (Å²) in [5.74, 6) is 1.40. The van der Waals surface area contributed by atoms with Gasteiger partial charge in [0.1, 0.15) is 17.2 Å². The Morgan fingerprint density at radius 2 is 1.78 bits per heavy atom. The van der Waals surface area contributed by atoms with Crippen LogP contribution in [0.4, 0.5) is 5.13 Å². The molecule has 0 fully saturated rings. The third-order valence-electron chi connectivity index (χ3n) is 3.17. The molecule has 0 aliphatic rings. The van der Waals surface area contributed by atoms with Gasteiger partial charge in [-0.15, -0.1) is 0 Å². The maximum atomic E-state index is 5.91. The second kappa shape index (κ2) is 5.62. The minimum absolute atomic E-state index is 0.547. The lowest BCUT2D eigenvalue weighted by Crippen LogP contribution is -1.90. The highest BCUT2D eigenvalue weighted by Gasteiger charge is 2.06. The Labute approximate surface area is 135 Å². The molecule has 7 heteroatoms. The van der Waals surface area contributed by atoms with Crippen LogP contribution >= 0.6 is 11.3 Å². The molecule has 0 atom stereocenters. The smallest absolute Gasteiger partial charge is 0.181 e. The van der Waals surface area contributed by atoms with Crippen LogP contribution in [-0.2, 0) is 0 Å². The summed E-state index contributed by atoms with van der Waals surface area (Å²) >= 11 is 1.43. The van der Waals surface area contributed by atoms with E-state index in [2.05, 4.69) is 19.9 Å². The van der Waals surface area contributed by atoms with Crippen LogP contribution in [0.25, 0.3) is 21.6 Å². The van der Waals surface area contributed by atoms with Crippen molar-refractivity contribution in [3.05, 3.63) is 55.1 Å². The lowest BCUT2D eigenvalue weighted by atomic mass is 10.2. The maximum absolute atomic E-state index is 5.91. The summed E-state index contributed by atoms with van der Waals surface area (Å²) < 4.78 is 6.90. The van der Waals surface area contributed by atoms with E-state index in [-0.39, 0.29) is 0 Å². The fourth-order valence-electron chi connectivity index (χ4n) is 2.17. The predicted molar refractivity (Wildman–Crippen MR) is 89.4 cm³/mol.